The first-order chi connectivity index (χ1) is 8.69. The first-order valence-electron chi connectivity index (χ1n) is 6.39. The van der Waals surface area contributed by atoms with Crippen molar-refractivity contribution in [2.45, 2.75) is 25.8 Å². The van der Waals surface area contributed by atoms with Crippen LogP contribution in [0.4, 0.5) is 4.39 Å². The summed E-state index contributed by atoms with van der Waals surface area (Å²) in [5.41, 5.74) is 6.12. The fourth-order valence-corrected chi connectivity index (χ4v) is 1.91. The summed E-state index contributed by atoms with van der Waals surface area (Å²) in [7, 11) is 3.49. The number of nitrogens with zero attached hydrogens (tertiary/aromatic N) is 1. The Hall–Kier alpha value is -1.13. The molecule has 0 saturated heterocycles. The predicted molar refractivity (Wildman–Crippen MR) is 72.2 cm³/mol. The minimum Gasteiger partial charge on any atom is -0.494 e. The van der Waals surface area contributed by atoms with Gasteiger partial charge in [0.2, 0.25) is 0 Å². The summed E-state index contributed by atoms with van der Waals surface area (Å²) in [6.07, 6.45) is 3.28. The highest BCUT2D eigenvalue weighted by atomic mass is 19.1. The molecule has 4 heteroatoms. The van der Waals surface area contributed by atoms with Crippen LogP contribution in [0.1, 0.15) is 24.8 Å². The van der Waals surface area contributed by atoms with E-state index in [1.54, 1.807) is 12.1 Å². The van der Waals surface area contributed by atoms with E-state index in [1.807, 2.05) is 13.1 Å². The van der Waals surface area contributed by atoms with Crippen LogP contribution in [-0.2, 0) is 6.54 Å². The average Bonchev–Trinajstić information content (AvgIpc) is 2.37. The Bertz CT molecular complexity index is 358. The number of unbranched alkanes of at least 4 members (excludes halogenated alkanes) is 2. The molecule has 1 rings (SSSR count). The molecule has 0 unspecified atom stereocenters. The molecule has 3 nitrogen and oxygen atoms in total. The molecular weight excluding hydrogens is 231 g/mol. The Morgan fingerprint density at radius 2 is 2.06 bits per heavy atom. The number of hydrogen-bond acceptors (Lipinski definition) is 3. The minimum absolute atomic E-state index is 0.256. The molecule has 0 aromatic heterocycles. The average molecular weight is 254 g/mol. The van der Waals surface area contributed by atoms with Crippen molar-refractivity contribution in [2.24, 2.45) is 5.73 Å². The van der Waals surface area contributed by atoms with Crippen molar-refractivity contribution in [1.29, 1.82) is 0 Å². The van der Waals surface area contributed by atoms with E-state index in [2.05, 4.69) is 4.90 Å². The van der Waals surface area contributed by atoms with Gasteiger partial charge in [-0.05, 0) is 39.0 Å². The van der Waals surface area contributed by atoms with Crippen molar-refractivity contribution in [3.63, 3.8) is 0 Å². The third-order valence-electron chi connectivity index (χ3n) is 2.95. The summed E-state index contributed by atoms with van der Waals surface area (Å²) in [6, 6.07) is 5.26. The Balaban J connectivity index is 2.46. The van der Waals surface area contributed by atoms with Gasteiger partial charge in [0.1, 0.15) is 0 Å². The van der Waals surface area contributed by atoms with Gasteiger partial charge in [0, 0.05) is 12.1 Å². The van der Waals surface area contributed by atoms with Crippen molar-refractivity contribution in [1.82, 2.24) is 4.90 Å². The SMILES string of the molecule is COc1cccc(CN(C)CCCCCN)c1F. The maximum absolute atomic E-state index is 13.9. The van der Waals surface area contributed by atoms with Gasteiger partial charge < -0.3 is 15.4 Å². The van der Waals surface area contributed by atoms with Gasteiger partial charge in [0.25, 0.3) is 0 Å². The van der Waals surface area contributed by atoms with Crippen molar-refractivity contribution < 1.29 is 9.13 Å². The Morgan fingerprint density at radius 1 is 1.28 bits per heavy atom. The molecule has 0 aliphatic carbocycles. The van der Waals surface area contributed by atoms with E-state index in [0.29, 0.717) is 17.9 Å². The zero-order chi connectivity index (χ0) is 13.4. The molecule has 0 heterocycles. The molecular formula is C14H23FN2O. The van der Waals surface area contributed by atoms with Crippen LogP contribution in [0.15, 0.2) is 18.2 Å². The summed E-state index contributed by atoms with van der Waals surface area (Å²) in [5, 5.41) is 0. The maximum atomic E-state index is 13.9. The van der Waals surface area contributed by atoms with Crippen molar-refractivity contribution in [3.05, 3.63) is 29.6 Å². The van der Waals surface area contributed by atoms with Gasteiger partial charge >= 0.3 is 0 Å². The van der Waals surface area contributed by atoms with Crippen molar-refractivity contribution >= 4 is 0 Å². The lowest BCUT2D eigenvalue weighted by atomic mass is 10.1. The summed E-state index contributed by atoms with van der Waals surface area (Å²) < 4.78 is 18.9. The monoisotopic (exact) mass is 254 g/mol. The lowest BCUT2D eigenvalue weighted by Crippen LogP contribution is -2.20. The van der Waals surface area contributed by atoms with Crippen LogP contribution in [0, 0.1) is 5.82 Å². The third-order valence-corrected chi connectivity index (χ3v) is 2.95. The van der Waals surface area contributed by atoms with E-state index in [4.69, 9.17) is 10.5 Å². The predicted octanol–water partition coefficient (Wildman–Crippen LogP) is 2.40. The molecule has 0 bridgehead atoms. The van der Waals surface area contributed by atoms with Crippen LogP contribution >= 0.6 is 0 Å². The highest BCUT2D eigenvalue weighted by molar-refractivity contribution is 5.30. The smallest absolute Gasteiger partial charge is 0.169 e. The zero-order valence-corrected chi connectivity index (χ0v) is 11.3. The van der Waals surface area contributed by atoms with Crippen LogP contribution < -0.4 is 10.5 Å². The van der Waals surface area contributed by atoms with Gasteiger partial charge in [-0.1, -0.05) is 18.6 Å². The van der Waals surface area contributed by atoms with Crippen molar-refractivity contribution in [3.8, 4) is 5.75 Å². The molecule has 0 fully saturated rings. The number of rotatable bonds is 8. The lowest BCUT2D eigenvalue weighted by Gasteiger charge is -2.17. The molecule has 0 radical (unpaired) electrons. The third kappa shape index (κ3) is 4.63. The fraction of sp³-hybridized carbons (Fsp3) is 0.571. The summed E-state index contributed by atoms with van der Waals surface area (Å²) in [5.74, 6) is 0.0536. The molecule has 0 spiro atoms. The van der Waals surface area contributed by atoms with Crippen molar-refractivity contribution in [2.75, 3.05) is 27.2 Å². The number of hydrogen-bond donors (Lipinski definition) is 1. The van der Waals surface area contributed by atoms with E-state index in [-0.39, 0.29) is 5.82 Å². The first-order valence-corrected chi connectivity index (χ1v) is 6.39. The second-order valence-electron chi connectivity index (χ2n) is 4.52. The second kappa shape index (κ2) is 8.06. The highest BCUT2D eigenvalue weighted by Crippen LogP contribution is 2.20. The summed E-state index contributed by atoms with van der Waals surface area (Å²) in [6.45, 7) is 2.30. The molecule has 0 aliphatic heterocycles. The molecule has 1 aromatic rings. The first kappa shape index (κ1) is 14.9. The number of methoxy groups -OCH3 is 1. The van der Waals surface area contributed by atoms with Gasteiger partial charge in [-0.2, -0.15) is 0 Å². The molecule has 1 aromatic carbocycles. The summed E-state index contributed by atoms with van der Waals surface area (Å²) >= 11 is 0. The molecule has 0 atom stereocenters. The van der Waals surface area contributed by atoms with E-state index in [1.165, 1.54) is 7.11 Å². The largest absolute Gasteiger partial charge is 0.494 e. The Morgan fingerprint density at radius 3 is 2.72 bits per heavy atom. The zero-order valence-electron chi connectivity index (χ0n) is 11.3. The number of halogens is 1. The normalized spacial score (nSPS) is 10.9. The lowest BCUT2D eigenvalue weighted by molar-refractivity contribution is 0.308. The van der Waals surface area contributed by atoms with Gasteiger partial charge in [-0.25, -0.2) is 4.39 Å². The van der Waals surface area contributed by atoms with Crippen LogP contribution in [0.2, 0.25) is 0 Å². The molecule has 0 amide bonds. The van der Waals surface area contributed by atoms with Crippen LogP contribution in [0.5, 0.6) is 5.75 Å². The van der Waals surface area contributed by atoms with Crippen LogP contribution in [0.3, 0.4) is 0 Å². The molecule has 0 saturated carbocycles. The van der Waals surface area contributed by atoms with E-state index < -0.39 is 0 Å². The van der Waals surface area contributed by atoms with E-state index >= 15 is 0 Å². The molecule has 102 valence electrons. The van der Waals surface area contributed by atoms with Gasteiger partial charge in [-0.3, -0.25) is 0 Å². The number of nitrogens with two attached hydrogens (primary N) is 1. The fourth-order valence-electron chi connectivity index (χ4n) is 1.91. The topological polar surface area (TPSA) is 38.5 Å². The van der Waals surface area contributed by atoms with Gasteiger partial charge in [0.15, 0.2) is 11.6 Å². The molecule has 2 N–H and O–H groups in total. The Labute approximate surface area is 109 Å². The maximum Gasteiger partial charge on any atom is 0.169 e. The van der Waals surface area contributed by atoms with Crippen LogP contribution in [-0.4, -0.2) is 32.1 Å². The minimum atomic E-state index is -0.256. The van der Waals surface area contributed by atoms with Gasteiger partial charge in [-0.15, -0.1) is 0 Å². The molecule has 18 heavy (non-hydrogen) atoms. The highest BCUT2D eigenvalue weighted by Gasteiger charge is 2.09. The standard InChI is InChI=1S/C14H23FN2O/c1-17(10-5-3-4-9-16)11-12-7-6-8-13(18-2)14(12)15/h6-8H,3-5,9-11,16H2,1-2H3. The second-order valence-corrected chi connectivity index (χ2v) is 4.52. The molecule has 0 aliphatic rings. The summed E-state index contributed by atoms with van der Waals surface area (Å²) in [4.78, 5) is 2.12. The Kier molecular flexibility index (Phi) is 6.68. The van der Waals surface area contributed by atoms with Crippen LogP contribution in [0.25, 0.3) is 0 Å². The van der Waals surface area contributed by atoms with Gasteiger partial charge in [0.05, 0.1) is 7.11 Å². The number of benzene rings is 1. The van der Waals surface area contributed by atoms with E-state index in [0.717, 1.165) is 32.4 Å². The van der Waals surface area contributed by atoms with E-state index in [9.17, 15) is 4.39 Å². The quantitative estimate of drug-likeness (QED) is 0.724. The number of ether oxygens (including phenoxy) is 1.